The molecular weight excluding hydrogens is 302 g/mol. The molecule has 0 radical (unpaired) electrons. The fraction of sp³-hybridized carbons (Fsp3) is 0.0667. The van der Waals surface area contributed by atoms with Gasteiger partial charge in [0.1, 0.15) is 17.3 Å². The van der Waals surface area contributed by atoms with Gasteiger partial charge in [0, 0.05) is 11.5 Å². The monoisotopic (exact) mass is 313 g/mol. The van der Waals surface area contributed by atoms with Crippen LogP contribution in [0.25, 0.3) is 20.3 Å². The minimum absolute atomic E-state index is 0.483. The van der Waals surface area contributed by atoms with Crippen LogP contribution in [-0.2, 0) is 0 Å². The molecule has 0 saturated heterocycles. The van der Waals surface area contributed by atoms with Crippen molar-refractivity contribution in [2.45, 2.75) is 6.92 Å². The van der Waals surface area contributed by atoms with Gasteiger partial charge in [-0.25, -0.2) is 9.97 Å². The number of hydrogen-bond acceptors (Lipinski definition) is 6. The number of thiazole rings is 1. The van der Waals surface area contributed by atoms with Crippen LogP contribution in [0.1, 0.15) is 5.01 Å². The van der Waals surface area contributed by atoms with Gasteiger partial charge in [-0.15, -0.1) is 22.7 Å². The van der Waals surface area contributed by atoms with Crippen LogP contribution in [0.5, 0.6) is 11.5 Å². The number of aryl methyl sites for hydroxylation is 1. The number of hydrogen-bond donors (Lipinski definition) is 1. The first-order valence-corrected chi connectivity index (χ1v) is 8.07. The molecule has 0 aliphatic carbocycles. The number of nitrogens with zero attached hydrogens (tertiary/aromatic N) is 2. The number of fused-ring (bicyclic) bond motifs is 3. The normalized spacial score (nSPS) is 11.3. The van der Waals surface area contributed by atoms with E-state index in [4.69, 9.17) is 10.5 Å². The lowest BCUT2D eigenvalue weighted by Gasteiger charge is -2.07. The van der Waals surface area contributed by atoms with E-state index in [0.29, 0.717) is 11.6 Å². The number of anilines is 1. The highest BCUT2D eigenvalue weighted by Crippen LogP contribution is 2.40. The van der Waals surface area contributed by atoms with Crippen LogP contribution in [-0.4, -0.2) is 9.97 Å². The maximum atomic E-state index is 5.99. The molecule has 4 rings (SSSR count). The summed E-state index contributed by atoms with van der Waals surface area (Å²) < 4.78 is 8.29. The van der Waals surface area contributed by atoms with E-state index in [1.54, 1.807) is 34.9 Å². The minimum atomic E-state index is 0.483. The third-order valence-electron chi connectivity index (χ3n) is 3.16. The Morgan fingerprint density at radius 1 is 1.24 bits per heavy atom. The van der Waals surface area contributed by atoms with E-state index >= 15 is 0 Å². The van der Waals surface area contributed by atoms with E-state index in [1.807, 2.05) is 19.1 Å². The second-order valence-electron chi connectivity index (χ2n) is 4.64. The largest absolute Gasteiger partial charge is 0.455 e. The molecule has 21 heavy (non-hydrogen) atoms. The van der Waals surface area contributed by atoms with Crippen molar-refractivity contribution in [1.29, 1.82) is 0 Å². The van der Waals surface area contributed by atoms with Gasteiger partial charge in [-0.3, -0.25) is 0 Å². The Morgan fingerprint density at radius 2 is 2.14 bits per heavy atom. The zero-order valence-electron chi connectivity index (χ0n) is 11.2. The van der Waals surface area contributed by atoms with Crippen molar-refractivity contribution in [3.8, 4) is 11.5 Å². The molecule has 6 heteroatoms. The maximum absolute atomic E-state index is 5.99. The number of aromatic nitrogens is 2. The average Bonchev–Trinajstić information content (AvgIpc) is 3.07. The average molecular weight is 313 g/mol. The molecule has 2 N–H and O–H groups in total. The number of nitrogens with two attached hydrogens (primary N) is 1. The van der Waals surface area contributed by atoms with Crippen molar-refractivity contribution in [3.05, 3.63) is 40.8 Å². The number of rotatable bonds is 2. The van der Waals surface area contributed by atoms with Gasteiger partial charge in [-0.2, -0.15) is 0 Å². The molecule has 3 aromatic heterocycles. The molecule has 0 aliphatic rings. The molecule has 0 saturated carbocycles. The summed E-state index contributed by atoms with van der Waals surface area (Å²) in [5, 5.41) is 4.20. The van der Waals surface area contributed by atoms with Crippen LogP contribution in [0, 0.1) is 6.92 Å². The summed E-state index contributed by atoms with van der Waals surface area (Å²) in [7, 11) is 0. The fourth-order valence-electron chi connectivity index (χ4n) is 2.25. The van der Waals surface area contributed by atoms with Gasteiger partial charge in [-0.05, 0) is 30.5 Å². The summed E-state index contributed by atoms with van der Waals surface area (Å²) in [6.45, 7) is 2.02. The van der Waals surface area contributed by atoms with Crippen LogP contribution in [0.2, 0.25) is 0 Å². The molecule has 4 aromatic rings. The van der Waals surface area contributed by atoms with Crippen molar-refractivity contribution in [2.75, 3.05) is 5.73 Å². The Morgan fingerprint density at radius 3 is 2.95 bits per heavy atom. The first-order valence-electron chi connectivity index (χ1n) is 6.37. The zero-order valence-corrected chi connectivity index (χ0v) is 12.8. The van der Waals surface area contributed by atoms with Crippen molar-refractivity contribution >= 4 is 48.8 Å². The molecule has 104 valence electrons. The second kappa shape index (κ2) is 4.68. The Kier molecular flexibility index (Phi) is 2.80. The topological polar surface area (TPSA) is 61.0 Å². The summed E-state index contributed by atoms with van der Waals surface area (Å²) in [5.74, 6) is 1.99. The number of ether oxygens (including phenoxy) is 1. The van der Waals surface area contributed by atoms with E-state index in [1.165, 1.54) is 0 Å². The fourth-order valence-corrected chi connectivity index (χ4v) is 4.08. The third-order valence-corrected chi connectivity index (χ3v) is 4.99. The van der Waals surface area contributed by atoms with E-state index in [9.17, 15) is 0 Å². The predicted octanol–water partition coefficient (Wildman–Crippen LogP) is 4.59. The molecule has 0 atom stereocenters. The Bertz CT molecular complexity index is 941. The van der Waals surface area contributed by atoms with Gasteiger partial charge < -0.3 is 10.5 Å². The lowest BCUT2D eigenvalue weighted by Crippen LogP contribution is -1.90. The highest BCUT2D eigenvalue weighted by atomic mass is 32.1. The lowest BCUT2D eigenvalue weighted by atomic mass is 10.2. The van der Waals surface area contributed by atoms with Gasteiger partial charge >= 0.3 is 0 Å². The van der Waals surface area contributed by atoms with E-state index in [0.717, 1.165) is 31.1 Å². The van der Waals surface area contributed by atoms with Crippen molar-refractivity contribution in [2.24, 2.45) is 0 Å². The Balaban J connectivity index is 1.89. The molecule has 0 spiro atoms. The third kappa shape index (κ3) is 2.12. The number of benzene rings is 1. The van der Waals surface area contributed by atoms with E-state index in [-0.39, 0.29) is 0 Å². The summed E-state index contributed by atoms with van der Waals surface area (Å²) in [4.78, 5) is 8.67. The molecule has 0 aliphatic heterocycles. The SMILES string of the molecule is Cc1nc2c(cc(Oc3ccc(N)nc3)c3ccsc32)s1. The molecule has 3 heterocycles. The van der Waals surface area contributed by atoms with Gasteiger partial charge in [0.15, 0.2) is 0 Å². The highest BCUT2D eigenvalue weighted by molar-refractivity contribution is 7.21. The van der Waals surface area contributed by atoms with Gasteiger partial charge in [0.25, 0.3) is 0 Å². The van der Waals surface area contributed by atoms with Gasteiger partial charge in [0.2, 0.25) is 0 Å². The molecule has 0 unspecified atom stereocenters. The molecule has 0 amide bonds. The van der Waals surface area contributed by atoms with Gasteiger partial charge in [-0.1, -0.05) is 0 Å². The van der Waals surface area contributed by atoms with E-state index < -0.39 is 0 Å². The predicted molar refractivity (Wildman–Crippen MR) is 88.5 cm³/mol. The summed E-state index contributed by atoms with van der Waals surface area (Å²) >= 11 is 3.36. The van der Waals surface area contributed by atoms with Crippen LogP contribution in [0.4, 0.5) is 5.82 Å². The summed E-state index contributed by atoms with van der Waals surface area (Å²) in [5.41, 5.74) is 6.66. The molecule has 0 bridgehead atoms. The minimum Gasteiger partial charge on any atom is -0.455 e. The van der Waals surface area contributed by atoms with Crippen LogP contribution in [0.15, 0.2) is 35.8 Å². The first kappa shape index (κ1) is 12.6. The molecule has 0 fully saturated rings. The molecule has 4 nitrogen and oxygen atoms in total. The number of thiophene rings is 1. The van der Waals surface area contributed by atoms with Crippen molar-refractivity contribution in [1.82, 2.24) is 9.97 Å². The number of nitrogen functional groups attached to an aromatic ring is 1. The first-order chi connectivity index (χ1) is 10.2. The summed E-state index contributed by atoms with van der Waals surface area (Å²) in [6, 6.07) is 7.66. The molecule has 1 aromatic carbocycles. The zero-order chi connectivity index (χ0) is 14.4. The van der Waals surface area contributed by atoms with E-state index in [2.05, 4.69) is 21.4 Å². The van der Waals surface area contributed by atoms with Crippen LogP contribution >= 0.6 is 22.7 Å². The van der Waals surface area contributed by atoms with Crippen molar-refractivity contribution < 1.29 is 4.74 Å². The Labute approximate surface area is 128 Å². The standard InChI is InChI=1S/C15H11N3OS2/c1-8-18-14-12(21-8)6-11(10-4-5-20-15(10)14)19-9-2-3-13(16)17-7-9/h2-7H,1H3,(H2,16,17). The molecular formula is C15H11N3OS2. The quantitative estimate of drug-likeness (QED) is 0.588. The van der Waals surface area contributed by atoms with Crippen LogP contribution in [0.3, 0.4) is 0 Å². The Hall–Kier alpha value is -2.18. The second-order valence-corrected chi connectivity index (χ2v) is 6.79. The summed E-state index contributed by atoms with van der Waals surface area (Å²) in [6.07, 6.45) is 1.63. The van der Waals surface area contributed by atoms with Gasteiger partial charge in [0.05, 0.1) is 26.1 Å². The lowest BCUT2D eigenvalue weighted by molar-refractivity contribution is 0.487. The van der Waals surface area contributed by atoms with Crippen LogP contribution < -0.4 is 10.5 Å². The maximum Gasteiger partial charge on any atom is 0.145 e. The number of pyridine rings is 1. The van der Waals surface area contributed by atoms with Crippen molar-refractivity contribution in [3.63, 3.8) is 0 Å². The smallest absolute Gasteiger partial charge is 0.145 e. The highest BCUT2D eigenvalue weighted by Gasteiger charge is 2.13.